The van der Waals surface area contributed by atoms with Crippen LogP contribution in [0.25, 0.3) is 11.1 Å². The van der Waals surface area contributed by atoms with Crippen molar-refractivity contribution in [2.45, 2.75) is 19.4 Å². The second-order valence-electron chi connectivity index (χ2n) is 6.51. The molecule has 2 aromatic rings. The number of anilines is 1. The zero-order valence-corrected chi connectivity index (χ0v) is 13.9. The number of nitrogens with one attached hydrogen (secondary N) is 1. The number of Topliss-reactive ketones (excluding diaryl/α,β-unsaturated/α-hetero) is 1. The van der Waals surface area contributed by atoms with E-state index in [4.69, 9.17) is 4.74 Å². The fourth-order valence-electron chi connectivity index (χ4n) is 3.60. The molecule has 4 heteroatoms. The summed E-state index contributed by atoms with van der Waals surface area (Å²) >= 11 is 0. The highest BCUT2D eigenvalue weighted by molar-refractivity contribution is 5.95. The summed E-state index contributed by atoms with van der Waals surface area (Å²) in [7, 11) is 0. The first-order chi connectivity index (χ1) is 11.7. The van der Waals surface area contributed by atoms with Crippen LogP contribution in [0.15, 0.2) is 42.5 Å². The average molecular weight is 322 g/mol. The van der Waals surface area contributed by atoms with E-state index in [0.29, 0.717) is 6.04 Å². The monoisotopic (exact) mass is 322 g/mol. The number of fused-ring (bicyclic) bond motifs is 3. The molecule has 4 rings (SSSR count). The Hall–Kier alpha value is -2.33. The highest BCUT2D eigenvalue weighted by atomic mass is 16.5. The van der Waals surface area contributed by atoms with Gasteiger partial charge in [0.05, 0.1) is 12.3 Å². The van der Waals surface area contributed by atoms with Crippen LogP contribution in [-0.2, 0) is 0 Å². The van der Waals surface area contributed by atoms with Gasteiger partial charge >= 0.3 is 0 Å². The standard InChI is InChI=1S/C20H22N2O2/c1-14(23)15-3-2-4-16(11-15)17-5-6-20-19(12-17)22-9-8-21-13-18(22)7-10-24-20/h2-6,11-12,18,21H,7-10,13H2,1H3/t18-/m0/s1. The molecule has 124 valence electrons. The van der Waals surface area contributed by atoms with Gasteiger partial charge in [0.2, 0.25) is 0 Å². The molecule has 4 nitrogen and oxygen atoms in total. The maximum absolute atomic E-state index is 11.7. The summed E-state index contributed by atoms with van der Waals surface area (Å²) in [5, 5.41) is 3.47. The van der Waals surface area contributed by atoms with Gasteiger partial charge in [-0.1, -0.05) is 24.3 Å². The number of hydrogen-bond acceptors (Lipinski definition) is 4. The minimum atomic E-state index is 0.0945. The number of carbonyl (C=O) groups excluding carboxylic acids is 1. The van der Waals surface area contributed by atoms with Gasteiger partial charge in [0.25, 0.3) is 0 Å². The van der Waals surface area contributed by atoms with Crippen molar-refractivity contribution in [2.75, 3.05) is 31.1 Å². The number of hydrogen-bond donors (Lipinski definition) is 1. The van der Waals surface area contributed by atoms with E-state index in [-0.39, 0.29) is 5.78 Å². The highest BCUT2D eigenvalue weighted by Gasteiger charge is 2.27. The molecule has 2 aromatic carbocycles. The van der Waals surface area contributed by atoms with Crippen LogP contribution in [-0.4, -0.2) is 38.1 Å². The van der Waals surface area contributed by atoms with Crippen LogP contribution in [0.4, 0.5) is 5.69 Å². The van der Waals surface area contributed by atoms with Crippen LogP contribution in [0.1, 0.15) is 23.7 Å². The third-order valence-electron chi connectivity index (χ3n) is 4.93. The second kappa shape index (κ2) is 6.29. The Morgan fingerprint density at radius 2 is 2.08 bits per heavy atom. The Labute approximate surface area is 142 Å². The van der Waals surface area contributed by atoms with Gasteiger partial charge in [0, 0.05) is 37.7 Å². The van der Waals surface area contributed by atoms with Gasteiger partial charge < -0.3 is 15.0 Å². The predicted octanol–water partition coefficient (Wildman–Crippen LogP) is 3.12. The first-order valence-electron chi connectivity index (χ1n) is 8.58. The highest BCUT2D eigenvalue weighted by Crippen LogP contribution is 2.37. The summed E-state index contributed by atoms with van der Waals surface area (Å²) in [6.07, 6.45) is 1.04. The number of rotatable bonds is 2. The number of piperazine rings is 1. The smallest absolute Gasteiger partial charge is 0.159 e. The number of ketones is 1. The molecule has 2 aliphatic rings. The van der Waals surface area contributed by atoms with Crippen LogP contribution in [0.2, 0.25) is 0 Å². The molecule has 0 aliphatic carbocycles. The quantitative estimate of drug-likeness (QED) is 0.863. The molecule has 1 N–H and O–H groups in total. The van der Waals surface area contributed by atoms with E-state index >= 15 is 0 Å². The zero-order valence-electron chi connectivity index (χ0n) is 13.9. The first kappa shape index (κ1) is 15.2. The van der Waals surface area contributed by atoms with Crippen LogP contribution in [0.3, 0.4) is 0 Å². The lowest BCUT2D eigenvalue weighted by Crippen LogP contribution is -2.51. The van der Waals surface area contributed by atoms with Gasteiger partial charge in [-0.3, -0.25) is 4.79 Å². The molecule has 2 heterocycles. The number of carbonyl (C=O) groups is 1. The summed E-state index contributed by atoms with van der Waals surface area (Å²) in [5.41, 5.74) is 4.12. The molecule has 0 unspecified atom stereocenters. The lowest BCUT2D eigenvalue weighted by molar-refractivity contribution is 0.101. The van der Waals surface area contributed by atoms with E-state index in [1.165, 1.54) is 5.69 Å². The fourth-order valence-corrected chi connectivity index (χ4v) is 3.60. The molecule has 0 amide bonds. The minimum absolute atomic E-state index is 0.0945. The Kier molecular flexibility index (Phi) is 3.98. The summed E-state index contributed by atoms with van der Waals surface area (Å²) in [6, 6.07) is 14.7. The molecule has 1 saturated heterocycles. The summed E-state index contributed by atoms with van der Waals surface area (Å²) in [6.45, 7) is 5.37. The molecule has 1 atom stereocenters. The van der Waals surface area contributed by atoms with Crippen molar-refractivity contribution in [3.63, 3.8) is 0 Å². The number of nitrogens with zero attached hydrogens (tertiary/aromatic N) is 1. The summed E-state index contributed by atoms with van der Waals surface area (Å²) < 4.78 is 5.97. The van der Waals surface area contributed by atoms with Crippen molar-refractivity contribution in [2.24, 2.45) is 0 Å². The van der Waals surface area contributed by atoms with Crippen molar-refractivity contribution in [3.8, 4) is 16.9 Å². The maximum Gasteiger partial charge on any atom is 0.159 e. The van der Waals surface area contributed by atoms with E-state index in [0.717, 1.165) is 55.1 Å². The third kappa shape index (κ3) is 2.78. The SMILES string of the molecule is CC(=O)c1cccc(-c2ccc3c(c2)N2CCNC[C@@H]2CCO3)c1. The molecule has 0 aromatic heterocycles. The van der Waals surface area contributed by atoms with E-state index in [9.17, 15) is 4.79 Å². The molecule has 0 bridgehead atoms. The number of ether oxygens (including phenoxy) is 1. The molecular weight excluding hydrogens is 300 g/mol. The normalized spacial score (nSPS) is 19.7. The predicted molar refractivity (Wildman–Crippen MR) is 96.0 cm³/mol. The van der Waals surface area contributed by atoms with Crippen molar-refractivity contribution in [3.05, 3.63) is 48.0 Å². The number of benzene rings is 2. The lowest BCUT2D eigenvalue weighted by atomic mass is 10.00. The van der Waals surface area contributed by atoms with Gasteiger partial charge in [-0.15, -0.1) is 0 Å². The topological polar surface area (TPSA) is 41.6 Å². The van der Waals surface area contributed by atoms with Crippen molar-refractivity contribution in [1.29, 1.82) is 0 Å². The zero-order chi connectivity index (χ0) is 16.5. The van der Waals surface area contributed by atoms with Crippen LogP contribution >= 0.6 is 0 Å². The Balaban J connectivity index is 1.76. The van der Waals surface area contributed by atoms with Gasteiger partial charge in [0.15, 0.2) is 5.78 Å². The van der Waals surface area contributed by atoms with E-state index < -0.39 is 0 Å². The van der Waals surface area contributed by atoms with Gasteiger partial charge in [-0.25, -0.2) is 0 Å². The second-order valence-corrected chi connectivity index (χ2v) is 6.51. The van der Waals surface area contributed by atoms with Crippen molar-refractivity contribution in [1.82, 2.24) is 5.32 Å². The lowest BCUT2D eigenvalue weighted by Gasteiger charge is -2.36. The Morgan fingerprint density at radius 3 is 2.96 bits per heavy atom. The van der Waals surface area contributed by atoms with Crippen LogP contribution < -0.4 is 15.0 Å². The van der Waals surface area contributed by atoms with Gasteiger partial charge in [-0.05, 0) is 36.2 Å². The largest absolute Gasteiger partial charge is 0.491 e. The Bertz CT molecular complexity index is 772. The minimum Gasteiger partial charge on any atom is -0.491 e. The van der Waals surface area contributed by atoms with E-state index in [2.05, 4.69) is 34.5 Å². The summed E-state index contributed by atoms with van der Waals surface area (Å²) in [4.78, 5) is 14.1. The van der Waals surface area contributed by atoms with Crippen molar-refractivity contribution >= 4 is 11.5 Å². The average Bonchev–Trinajstić information content (AvgIpc) is 2.80. The maximum atomic E-state index is 11.7. The molecule has 0 saturated carbocycles. The molecule has 1 fully saturated rings. The van der Waals surface area contributed by atoms with Crippen molar-refractivity contribution < 1.29 is 9.53 Å². The van der Waals surface area contributed by atoms with E-state index in [1.807, 2.05) is 18.2 Å². The molecule has 0 spiro atoms. The first-order valence-corrected chi connectivity index (χ1v) is 8.58. The Morgan fingerprint density at radius 1 is 1.21 bits per heavy atom. The van der Waals surface area contributed by atoms with Crippen LogP contribution in [0, 0.1) is 0 Å². The third-order valence-corrected chi connectivity index (χ3v) is 4.93. The van der Waals surface area contributed by atoms with E-state index in [1.54, 1.807) is 6.92 Å². The molecule has 0 radical (unpaired) electrons. The molecule has 24 heavy (non-hydrogen) atoms. The molecular formula is C20H22N2O2. The molecule has 2 aliphatic heterocycles. The fraction of sp³-hybridized carbons (Fsp3) is 0.350. The summed E-state index contributed by atoms with van der Waals surface area (Å²) in [5.74, 6) is 1.06. The van der Waals surface area contributed by atoms with Gasteiger partial charge in [-0.2, -0.15) is 0 Å². The van der Waals surface area contributed by atoms with Crippen LogP contribution in [0.5, 0.6) is 5.75 Å². The van der Waals surface area contributed by atoms with Gasteiger partial charge in [0.1, 0.15) is 5.75 Å².